The van der Waals surface area contributed by atoms with Crippen molar-refractivity contribution < 1.29 is 14.3 Å². The number of amidine groups is 1. The van der Waals surface area contributed by atoms with Gasteiger partial charge in [0.05, 0.1) is 5.84 Å². The highest BCUT2D eigenvalue weighted by Gasteiger charge is 2.16. The van der Waals surface area contributed by atoms with E-state index in [0.29, 0.717) is 25.2 Å². The van der Waals surface area contributed by atoms with E-state index in [-0.39, 0.29) is 24.8 Å². The predicted octanol–water partition coefficient (Wildman–Crippen LogP) is 1.25. The molecular weight excluding hydrogens is 272 g/mol. The van der Waals surface area contributed by atoms with E-state index in [9.17, 15) is 9.18 Å². The lowest BCUT2D eigenvalue weighted by Crippen LogP contribution is -2.30. The van der Waals surface area contributed by atoms with Crippen LogP contribution in [-0.4, -0.2) is 29.5 Å². The van der Waals surface area contributed by atoms with E-state index < -0.39 is 17.8 Å². The summed E-state index contributed by atoms with van der Waals surface area (Å²) in [4.78, 5) is 14.2. The van der Waals surface area contributed by atoms with E-state index in [2.05, 4.69) is 4.99 Å². The number of nitrogens with two attached hydrogens (primary N) is 2. The first kappa shape index (κ1) is 21.4. The lowest BCUT2D eigenvalue weighted by atomic mass is 10.2. The largest absolute Gasteiger partial charge is 0.480 e. The number of nitrogens with zero attached hydrogens (tertiary/aromatic N) is 1. The number of halogens is 3. The second kappa shape index (κ2) is 11.6. The molecule has 0 aliphatic carbocycles. The van der Waals surface area contributed by atoms with Gasteiger partial charge in [0, 0.05) is 6.54 Å². The zero-order chi connectivity index (χ0) is 11.8. The summed E-state index contributed by atoms with van der Waals surface area (Å²) in [5, 5.41) is 8.38. The van der Waals surface area contributed by atoms with Crippen LogP contribution < -0.4 is 11.5 Å². The van der Waals surface area contributed by atoms with Crippen molar-refractivity contribution in [2.45, 2.75) is 25.8 Å². The summed E-state index contributed by atoms with van der Waals surface area (Å²) >= 11 is 0. The Bertz CT molecular complexity index is 281. The Morgan fingerprint density at radius 3 is 2.47 bits per heavy atom. The van der Waals surface area contributed by atoms with Crippen molar-refractivity contribution in [3.8, 4) is 0 Å². The molecule has 0 aromatic heterocycles. The van der Waals surface area contributed by atoms with E-state index in [1.807, 2.05) is 0 Å². The topological polar surface area (TPSA) is 102 Å². The highest BCUT2D eigenvalue weighted by atomic mass is 35.5. The molecule has 0 aromatic carbocycles. The Labute approximate surface area is 112 Å². The van der Waals surface area contributed by atoms with Crippen LogP contribution >= 0.6 is 24.8 Å². The lowest BCUT2D eigenvalue weighted by molar-refractivity contribution is -0.137. The third-order valence-corrected chi connectivity index (χ3v) is 1.63. The van der Waals surface area contributed by atoms with Crippen LogP contribution in [0.2, 0.25) is 0 Å². The fourth-order valence-electron chi connectivity index (χ4n) is 0.832. The molecule has 0 heterocycles. The van der Waals surface area contributed by atoms with Gasteiger partial charge >= 0.3 is 5.97 Å². The number of hydrogen-bond acceptors (Lipinski definition) is 3. The van der Waals surface area contributed by atoms with Crippen LogP contribution in [0, 0.1) is 0 Å². The van der Waals surface area contributed by atoms with Gasteiger partial charge in [0.1, 0.15) is 5.83 Å². The second-order valence-electron chi connectivity index (χ2n) is 3.07. The monoisotopic (exact) mass is 289 g/mol. The first-order chi connectivity index (χ1) is 6.95. The smallest absolute Gasteiger partial charge is 0.327 e. The van der Waals surface area contributed by atoms with Crippen molar-refractivity contribution in [2.75, 3.05) is 6.54 Å². The molecule has 0 bridgehead atoms. The average molecular weight is 290 g/mol. The molecule has 0 radical (unpaired) electrons. The number of aliphatic carboxylic acids is 1. The average Bonchev–Trinajstić information content (AvgIpc) is 2.15. The van der Waals surface area contributed by atoms with Crippen LogP contribution in [0.3, 0.4) is 0 Å². The van der Waals surface area contributed by atoms with Crippen molar-refractivity contribution in [1.82, 2.24) is 0 Å². The van der Waals surface area contributed by atoms with E-state index >= 15 is 0 Å². The van der Waals surface area contributed by atoms with E-state index in [1.54, 1.807) is 6.92 Å². The molecule has 102 valence electrons. The fraction of sp³-hybridized carbons (Fsp3) is 0.556. The minimum atomic E-state index is -1.57. The third-order valence-electron chi connectivity index (χ3n) is 1.63. The summed E-state index contributed by atoms with van der Waals surface area (Å²) in [7, 11) is 0. The highest BCUT2D eigenvalue weighted by Crippen LogP contribution is 2.05. The van der Waals surface area contributed by atoms with Crippen molar-refractivity contribution >= 4 is 36.6 Å². The molecule has 1 atom stereocenters. The van der Waals surface area contributed by atoms with E-state index in [0.717, 1.165) is 0 Å². The lowest BCUT2D eigenvalue weighted by Gasteiger charge is -2.02. The van der Waals surface area contributed by atoms with Crippen molar-refractivity contribution in [3.63, 3.8) is 0 Å². The molecule has 17 heavy (non-hydrogen) atoms. The molecule has 5 nitrogen and oxygen atoms in total. The summed E-state index contributed by atoms with van der Waals surface area (Å²) in [6.07, 6.45) is 2.16. The summed E-state index contributed by atoms with van der Waals surface area (Å²) in [5.41, 5.74) is 10.3. The summed E-state index contributed by atoms with van der Waals surface area (Å²) in [6.45, 7) is 2.16. The maximum absolute atomic E-state index is 12.9. The number of allylic oxidation sites excluding steroid dienone is 1. The molecule has 5 N–H and O–H groups in total. The summed E-state index contributed by atoms with van der Waals surface area (Å²) in [6, 6.07) is -1.57. The molecular formula is C9H18Cl2FN3O2. The normalized spacial score (nSPS) is 13.4. The number of carboxylic acids is 1. The van der Waals surface area contributed by atoms with Crippen molar-refractivity contribution in [1.29, 1.82) is 0 Å². The van der Waals surface area contributed by atoms with Gasteiger partial charge in [0.15, 0.2) is 6.04 Å². The fourth-order valence-corrected chi connectivity index (χ4v) is 0.832. The van der Waals surface area contributed by atoms with Crippen molar-refractivity contribution in [3.05, 3.63) is 11.9 Å². The maximum Gasteiger partial charge on any atom is 0.327 e. The number of unbranched alkanes of at least 4 members (excludes halogenated alkanes) is 1. The van der Waals surface area contributed by atoms with Crippen LogP contribution in [0.25, 0.3) is 0 Å². The second-order valence-corrected chi connectivity index (χ2v) is 3.07. The predicted molar refractivity (Wildman–Crippen MR) is 70.7 cm³/mol. The molecule has 8 heteroatoms. The Balaban J connectivity index is -0.000000980. The van der Waals surface area contributed by atoms with Gasteiger partial charge in [-0.2, -0.15) is 0 Å². The number of hydrogen-bond donors (Lipinski definition) is 3. The van der Waals surface area contributed by atoms with Gasteiger partial charge in [-0.1, -0.05) is 6.08 Å². The Hall–Kier alpha value is -0.850. The summed E-state index contributed by atoms with van der Waals surface area (Å²) in [5.74, 6) is -1.72. The molecule has 0 aliphatic heterocycles. The maximum atomic E-state index is 12.9. The SMILES string of the molecule is CC(N)=NCCC/C=C(/F)C(N)C(=O)O.Cl.Cl. The molecule has 0 amide bonds. The van der Waals surface area contributed by atoms with Gasteiger partial charge in [-0.25, -0.2) is 4.39 Å². The first-order valence-corrected chi connectivity index (χ1v) is 4.55. The van der Waals surface area contributed by atoms with Crippen molar-refractivity contribution in [2.24, 2.45) is 16.5 Å². The van der Waals surface area contributed by atoms with Gasteiger partial charge in [0.25, 0.3) is 0 Å². The molecule has 0 spiro atoms. The highest BCUT2D eigenvalue weighted by molar-refractivity contribution is 5.85. The number of carbonyl (C=O) groups is 1. The molecule has 0 saturated carbocycles. The minimum Gasteiger partial charge on any atom is -0.480 e. The van der Waals surface area contributed by atoms with Crippen LogP contribution in [0.15, 0.2) is 16.9 Å². The third kappa shape index (κ3) is 11.4. The number of carboxylic acid groups (broad SMARTS) is 1. The number of rotatable bonds is 6. The van der Waals surface area contributed by atoms with Gasteiger partial charge in [-0.15, -0.1) is 24.8 Å². The van der Waals surface area contributed by atoms with Crippen LogP contribution in [0.5, 0.6) is 0 Å². The Morgan fingerprint density at radius 1 is 1.53 bits per heavy atom. The standard InChI is InChI=1S/C9H16FN3O2.2ClH/c1-6(11)13-5-3-2-4-7(10)8(12)9(14)15;;/h4,8H,2-3,5,12H2,1H3,(H2,11,13)(H,14,15);2*1H/b7-4+;;. The molecule has 0 fully saturated rings. The van der Waals surface area contributed by atoms with Crippen LogP contribution in [-0.2, 0) is 4.79 Å². The first-order valence-electron chi connectivity index (χ1n) is 4.55. The number of aliphatic imine (C=N–C) groups is 1. The van der Waals surface area contributed by atoms with Gasteiger partial charge < -0.3 is 16.6 Å². The zero-order valence-electron chi connectivity index (χ0n) is 9.43. The summed E-state index contributed by atoms with van der Waals surface area (Å²) < 4.78 is 12.9. The molecule has 0 rings (SSSR count). The molecule has 0 saturated heterocycles. The Morgan fingerprint density at radius 2 is 2.06 bits per heavy atom. The van der Waals surface area contributed by atoms with Gasteiger partial charge in [-0.05, 0) is 19.8 Å². The van der Waals surface area contributed by atoms with Gasteiger partial charge in [0.2, 0.25) is 0 Å². The minimum absolute atomic E-state index is 0. The van der Waals surface area contributed by atoms with E-state index in [4.69, 9.17) is 16.6 Å². The molecule has 1 unspecified atom stereocenters. The van der Waals surface area contributed by atoms with Crippen LogP contribution in [0.4, 0.5) is 4.39 Å². The molecule has 0 aromatic rings. The quantitative estimate of drug-likeness (QED) is 0.389. The van der Waals surface area contributed by atoms with Crippen LogP contribution in [0.1, 0.15) is 19.8 Å². The van der Waals surface area contributed by atoms with Gasteiger partial charge in [-0.3, -0.25) is 9.79 Å². The Kier molecular flexibility index (Phi) is 14.7. The zero-order valence-corrected chi connectivity index (χ0v) is 11.1. The molecule has 0 aliphatic rings. The van der Waals surface area contributed by atoms with E-state index in [1.165, 1.54) is 6.08 Å².